The van der Waals surface area contributed by atoms with Crippen LogP contribution in [0, 0.1) is 0 Å². The van der Waals surface area contributed by atoms with Crippen molar-refractivity contribution in [1.82, 2.24) is 5.32 Å². The van der Waals surface area contributed by atoms with Crippen molar-refractivity contribution in [3.05, 3.63) is 35.9 Å². The van der Waals surface area contributed by atoms with Crippen molar-refractivity contribution in [3.8, 4) is 0 Å². The Labute approximate surface area is 83.8 Å². The molecule has 0 aliphatic rings. The molecule has 0 aliphatic carbocycles. The van der Waals surface area contributed by atoms with Crippen molar-refractivity contribution in [1.29, 1.82) is 0 Å². The number of carboxylic acids is 1. The summed E-state index contributed by atoms with van der Waals surface area (Å²) in [6, 6.07) is 9.29. The van der Waals surface area contributed by atoms with Crippen LogP contribution >= 0.6 is 0 Å². The lowest BCUT2D eigenvalue weighted by Gasteiger charge is -2.12. The molecule has 1 rings (SSSR count). The molecule has 0 bridgehead atoms. The Kier molecular flexibility index (Phi) is 4.13. The van der Waals surface area contributed by atoms with Gasteiger partial charge in [0.15, 0.2) is 0 Å². The summed E-state index contributed by atoms with van der Waals surface area (Å²) in [5.74, 6) is -1.23. The first-order chi connectivity index (χ1) is 6.75. The molecule has 14 heavy (non-hydrogen) atoms. The summed E-state index contributed by atoms with van der Waals surface area (Å²) in [4.78, 5) is 11.0. The first-order valence-corrected chi connectivity index (χ1v) is 4.74. The Hall–Kier alpha value is -1.35. The number of carbonyl (C=O) groups is 1. The third kappa shape index (κ3) is 2.85. The fourth-order valence-electron chi connectivity index (χ4n) is 1.32. The fraction of sp³-hybridized carbons (Fsp3) is 0.364. The lowest BCUT2D eigenvalue weighted by atomic mass is 9.99. The Morgan fingerprint density at radius 2 is 2.07 bits per heavy atom. The van der Waals surface area contributed by atoms with Gasteiger partial charge in [-0.15, -0.1) is 0 Å². The van der Waals surface area contributed by atoms with Crippen molar-refractivity contribution in [2.24, 2.45) is 0 Å². The summed E-state index contributed by atoms with van der Waals surface area (Å²) in [5.41, 5.74) is 0.848. The van der Waals surface area contributed by atoms with E-state index in [-0.39, 0.29) is 0 Å². The number of benzene rings is 1. The Bertz CT molecular complexity index is 285. The number of rotatable bonds is 5. The first kappa shape index (κ1) is 10.7. The molecule has 0 fully saturated rings. The van der Waals surface area contributed by atoms with Crippen molar-refractivity contribution in [3.63, 3.8) is 0 Å². The van der Waals surface area contributed by atoms with Gasteiger partial charge in [-0.25, -0.2) is 0 Å². The van der Waals surface area contributed by atoms with E-state index in [9.17, 15) is 4.79 Å². The van der Waals surface area contributed by atoms with E-state index < -0.39 is 11.9 Å². The van der Waals surface area contributed by atoms with Crippen LogP contribution < -0.4 is 5.32 Å². The molecule has 0 radical (unpaired) electrons. The van der Waals surface area contributed by atoms with Crippen molar-refractivity contribution >= 4 is 5.97 Å². The maximum Gasteiger partial charge on any atom is 0.312 e. The normalized spacial score (nSPS) is 12.4. The van der Waals surface area contributed by atoms with Gasteiger partial charge in [-0.2, -0.15) is 0 Å². The average Bonchev–Trinajstić information content (AvgIpc) is 2.19. The molecule has 2 N–H and O–H groups in total. The minimum absolute atomic E-state index is 0.448. The van der Waals surface area contributed by atoms with Gasteiger partial charge in [0.25, 0.3) is 0 Å². The van der Waals surface area contributed by atoms with E-state index in [1.807, 2.05) is 37.3 Å². The van der Waals surface area contributed by atoms with Crippen LogP contribution in [0.1, 0.15) is 18.4 Å². The highest BCUT2D eigenvalue weighted by Gasteiger charge is 2.18. The van der Waals surface area contributed by atoms with Crippen LogP contribution in [0.2, 0.25) is 0 Å². The summed E-state index contributed by atoms with van der Waals surface area (Å²) in [6.07, 6.45) is 0. The van der Waals surface area contributed by atoms with Gasteiger partial charge in [0.1, 0.15) is 0 Å². The highest BCUT2D eigenvalue weighted by Crippen LogP contribution is 2.14. The quantitative estimate of drug-likeness (QED) is 0.744. The molecular formula is C11H15NO2. The van der Waals surface area contributed by atoms with Crippen LogP contribution in [-0.2, 0) is 4.79 Å². The second-order valence-corrected chi connectivity index (χ2v) is 3.11. The predicted molar refractivity (Wildman–Crippen MR) is 55.4 cm³/mol. The molecule has 0 amide bonds. The maximum absolute atomic E-state index is 11.0. The van der Waals surface area contributed by atoms with E-state index in [2.05, 4.69) is 5.32 Å². The number of nitrogens with one attached hydrogen (secondary N) is 1. The minimum Gasteiger partial charge on any atom is -0.481 e. The monoisotopic (exact) mass is 193 g/mol. The van der Waals surface area contributed by atoms with Crippen LogP contribution in [0.3, 0.4) is 0 Å². The number of likely N-dealkylation sites (N-methyl/N-ethyl adjacent to an activating group) is 1. The molecule has 3 nitrogen and oxygen atoms in total. The summed E-state index contributed by atoms with van der Waals surface area (Å²) in [5, 5.41) is 12.1. The Morgan fingerprint density at radius 3 is 2.57 bits per heavy atom. The van der Waals surface area contributed by atoms with Crippen molar-refractivity contribution < 1.29 is 9.90 Å². The van der Waals surface area contributed by atoms with Gasteiger partial charge in [0, 0.05) is 6.54 Å². The zero-order valence-electron chi connectivity index (χ0n) is 8.23. The third-order valence-corrected chi connectivity index (χ3v) is 2.10. The van der Waals surface area contributed by atoms with Crippen LogP contribution in [0.5, 0.6) is 0 Å². The van der Waals surface area contributed by atoms with Crippen LogP contribution in [0.25, 0.3) is 0 Å². The molecule has 1 atom stereocenters. The number of aliphatic carboxylic acids is 1. The van der Waals surface area contributed by atoms with Crippen molar-refractivity contribution in [2.45, 2.75) is 12.8 Å². The predicted octanol–water partition coefficient (Wildman–Crippen LogP) is 1.46. The van der Waals surface area contributed by atoms with Gasteiger partial charge in [-0.1, -0.05) is 37.3 Å². The van der Waals surface area contributed by atoms with Gasteiger partial charge >= 0.3 is 5.97 Å². The van der Waals surface area contributed by atoms with E-state index in [0.29, 0.717) is 6.54 Å². The Balaban J connectivity index is 2.73. The summed E-state index contributed by atoms with van der Waals surface area (Å²) < 4.78 is 0. The van der Waals surface area contributed by atoms with Crippen LogP contribution in [-0.4, -0.2) is 24.2 Å². The second-order valence-electron chi connectivity index (χ2n) is 3.11. The third-order valence-electron chi connectivity index (χ3n) is 2.10. The average molecular weight is 193 g/mol. The van der Waals surface area contributed by atoms with E-state index in [1.165, 1.54) is 0 Å². The van der Waals surface area contributed by atoms with Gasteiger partial charge in [-0.05, 0) is 12.1 Å². The summed E-state index contributed by atoms with van der Waals surface area (Å²) >= 11 is 0. The molecule has 3 heteroatoms. The molecule has 1 aromatic rings. The molecule has 0 aromatic heterocycles. The highest BCUT2D eigenvalue weighted by atomic mass is 16.4. The molecule has 0 spiro atoms. The maximum atomic E-state index is 11.0. The largest absolute Gasteiger partial charge is 0.481 e. The molecule has 1 unspecified atom stereocenters. The molecule has 76 valence electrons. The molecule has 0 aliphatic heterocycles. The lowest BCUT2D eigenvalue weighted by molar-refractivity contribution is -0.138. The fourth-order valence-corrected chi connectivity index (χ4v) is 1.32. The van der Waals surface area contributed by atoms with E-state index >= 15 is 0 Å². The van der Waals surface area contributed by atoms with Crippen molar-refractivity contribution in [2.75, 3.05) is 13.1 Å². The van der Waals surface area contributed by atoms with E-state index in [1.54, 1.807) is 0 Å². The topological polar surface area (TPSA) is 49.3 Å². The van der Waals surface area contributed by atoms with Gasteiger partial charge in [0.2, 0.25) is 0 Å². The van der Waals surface area contributed by atoms with E-state index in [0.717, 1.165) is 12.1 Å². The SMILES string of the molecule is CCNCC(C(=O)O)c1ccccc1. The lowest BCUT2D eigenvalue weighted by Crippen LogP contribution is -2.26. The molecule has 0 saturated carbocycles. The smallest absolute Gasteiger partial charge is 0.312 e. The van der Waals surface area contributed by atoms with Gasteiger partial charge in [0.05, 0.1) is 5.92 Å². The van der Waals surface area contributed by atoms with Crippen LogP contribution in [0.4, 0.5) is 0 Å². The zero-order chi connectivity index (χ0) is 10.4. The number of hydrogen-bond acceptors (Lipinski definition) is 2. The number of hydrogen-bond donors (Lipinski definition) is 2. The standard InChI is InChI=1S/C11H15NO2/c1-2-12-8-10(11(13)14)9-6-4-3-5-7-9/h3-7,10,12H,2,8H2,1H3,(H,13,14). The van der Waals surface area contributed by atoms with Gasteiger partial charge in [-0.3, -0.25) is 4.79 Å². The highest BCUT2D eigenvalue weighted by molar-refractivity contribution is 5.76. The second kappa shape index (κ2) is 5.40. The molecular weight excluding hydrogens is 178 g/mol. The molecule has 0 saturated heterocycles. The summed E-state index contributed by atoms with van der Waals surface area (Å²) in [7, 11) is 0. The summed E-state index contributed by atoms with van der Waals surface area (Å²) in [6.45, 7) is 3.23. The van der Waals surface area contributed by atoms with E-state index in [4.69, 9.17) is 5.11 Å². The van der Waals surface area contributed by atoms with Crippen LogP contribution in [0.15, 0.2) is 30.3 Å². The minimum atomic E-state index is -0.780. The first-order valence-electron chi connectivity index (χ1n) is 4.74. The zero-order valence-corrected chi connectivity index (χ0v) is 8.23. The number of carboxylic acid groups (broad SMARTS) is 1. The molecule has 0 heterocycles. The Morgan fingerprint density at radius 1 is 1.43 bits per heavy atom. The van der Waals surface area contributed by atoms with Gasteiger partial charge < -0.3 is 10.4 Å². The molecule has 1 aromatic carbocycles.